The van der Waals surface area contributed by atoms with Crippen molar-refractivity contribution in [3.05, 3.63) is 71.8 Å². The van der Waals surface area contributed by atoms with E-state index in [9.17, 15) is 9.90 Å². The number of hydrogen-bond acceptors (Lipinski definition) is 3. The Kier molecular flexibility index (Phi) is 6.64. The van der Waals surface area contributed by atoms with E-state index in [2.05, 4.69) is 17.2 Å². The molecule has 1 unspecified atom stereocenters. The summed E-state index contributed by atoms with van der Waals surface area (Å²) in [5.41, 5.74) is 3.14. The molecule has 5 heteroatoms. The molecule has 2 aromatic carbocycles. The summed E-state index contributed by atoms with van der Waals surface area (Å²) in [5, 5.41) is 15.9. The van der Waals surface area contributed by atoms with Crippen LogP contribution in [0.3, 0.4) is 0 Å². The third kappa shape index (κ3) is 5.59. The van der Waals surface area contributed by atoms with Gasteiger partial charge in [0, 0.05) is 6.54 Å². The van der Waals surface area contributed by atoms with Crippen molar-refractivity contribution in [3.8, 4) is 5.75 Å². The van der Waals surface area contributed by atoms with Crippen LogP contribution in [0.25, 0.3) is 5.57 Å². The number of carbonyl (C=O) groups excluding carboxylic acids is 1. The van der Waals surface area contributed by atoms with E-state index >= 15 is 0 Å². The predicted octanol–water partition coefficient (Wildman–Crippen LogP) is 4.00. The normalized spacial score (nSPS) is 12.2. The zero-order valence-corrected chi connectivity index (χ0v) is 16.4. The first-order valence-corrected chi connectivity index (χ1v) is 8.87. The molecular weight excluding hydrogens is 340 g/mol. The summed E-state index contributed by atoms with van der Waals surface area (Å²) in [6.07, 6.45) is -0.795. The summed E-state index contributed by atoms with van der Waals surface area (Å²) < 4.78 is 5.10. The maximum absolute atomic E-state index is 12.3. The molecule has 0 radical (unpaired) electrons. The molecule has 0 bridgehead atoms. The number of ether oxygens (including phenoxy) is 1. The van der Waals surface area contributed by atoms with Gasteiger partial charge in [-0.1, -0.05) is 42.5 Å². The molecular formula is C22H28N2O3. The van der Waals surface area contributed by atoms with Gasteiger partial charge in [0.05, 0.1) is 18.8 Å². The Morgan fingerprint density at radius 2 is 1.89 bits per heavy atom. The lowest BCUT2D eigenvalue weighted by molar-refractivity contribution is 0.171. The number of hydrogen-bond donors (Lipinski definition) is 3. The molecule has 0 aliphatic rings. The van der Waals surface area contributed by atoms with Crippen molar-refractivity contribution in [3.63, 3.8) is 0 Å². The summed E-state index contributed by atoms with van der Waals surface area (Å²) >= 11 is 0. The first-order valence-electron chi connectivity index (χ1n) is 8.87. The number of aliphatic hydroxyl groups is 1. The maximum Gasteiger partial charge on any atom is 0.315 e. The highest BCUT2D eigenvalue weighted by Gasteiger charge is 2.23. The Balaban J connectivity index is 1.95. The first kappa shape index (κ1) is 20.5. The molecule has 0 fully saturated rings. The average molecular weight is 368 g/mol. The van der Waals surface area contributed by atoms with Crippen LogP contribution in [0.4, 0.5) is 4.79 Å². The lowest BCUT2D eigenvalue weighted by Crippen LogP contribution is -2.47. The van der Waals surface area contributed by atoms with Gasteiger partial charge in [0.2, 0.25) is 0 Å². The highest BCUT2D eigenvalue weighted by atomic mass is 16.5. The molecule has 2 rings (SSSR count). The molecule has 0 saturated carbocycles. The van der Waals surface area contributed by atoms with Crippen LogP contribution in [-0.2, 0) is 5.54 Å². The van der Waals surface area contributed by atoms with E-state index in [1.54, 1.807) is 31.4 Å². The van der Waals surface area contributed by atoms with E-state index in [0.717, 1.165) is 22.4 Å². The minimum absolute atomic E-state index is 0.111. The zero-order chi connectivity index (χ0) is 20.0. The number of urea groups is 1. The number of methoxy groups -OCH3 is 1. The standard InChI is InChI=1S/C22H28N2O3/c1-15(2)17-7-6-8-18(13-17)22(3,4)24-21(26)23-14-20(25)16-9-11-19(27-5)12-10-16/h6-13,20,25H,1,14H2,2-5H3,(H2,23,24,26). The lowest BCUT2D eigenvalue weighted by Gasteiger charge is -2.28. The zero-order valence-electron chi connectivity index (χ0n) is 16.4. The Morgan fingerprint density at radius 1 is 1.22 bits per heavy atom. The van der Waals surface area contributed by atoms with Crippen LogP contribution in [0.15, 0.2) is 55.1 Å². The Morgan fingerprint density at radius 3 is 2.48 bits per heavy atom. The van der Waals surface area contributed by atoms with Crippen molar-refractivity contribution < 1.29 is 14.6 Å². The molecule has 0 aromatic heterocycles. The molecule has 2 aromatic rings. The second-order valence-electron chi connectivity index (χ2n) is 7.11. The van der Waals surface area contributed by atoms with Crippen molar-refractivity contribution in [1.82, 2.24) is 10.6 Å². The number of rotatable bonds is 7. The van der Waals surface area contributed by atoms with Crippen LogP contribution in [0.5, 0.6) is 5.75 Å². The topological polar surface area (TPSA) is 70.6 Å². The second-order valence-corrected chi connectivity index (χ2v) is 7.11. The van der Waals surface area contributed by atoms with Crippen molar-refractivity contribution in [2.75, 3.05) is 13.7 Å². The molecule has 0 spiro atoms. The van der Waals surface area contributed by atoms with Crippen LogP contribution in [0.1, 0.15) is 43.6 Å². The number of amides is 2. The number of allylic oxidation sites excluding steroid dienone is 1. The average Bonchev–Trinajstić information content (AvgIpc) is 2.66. The Labute approximate surface area is 161 Å². The quantitative estimate of drug-likeness (QED) is 0.692. The fourth-order valence-electron chi connectivity index (χ4n) is 2.71. The third-order valence-corrected chi connectivity index (χ3v) is 4.46. The largest absolute Gasteiger partial charge is 0.497 e. The van der Waals surface area contributed by atoms with Gasteiger partial charge < -0.3 is 20.5 Å². The predicted molar refractivity (Wildman–Crippen MR) is 109 cm³/mol. The molecule has 2 amide bonds. The van der Waals surface area contributed by atoms with Crippen molar-refractivity contribution in [1.29, 1.82) is 0 Å². The molecule has 1 atom stereocenters. The molecule has 144 valence electrons. The van der Waals surface area contributed by atoms with Crippen molar-refractivity contribution in [2.45, 2.75) is 32.4 Å². The van der Waals surface area contributed by atoms with Gasteiger partial charge in [-0.3, -0.25) is 0 Å². The van der Waals surface area contributed by atoms with Crippen molar-refractivity contribution >= 4 is 11.6 Å². The number of aliphatic hydroxyl groups excluding tert-OH is 1. The van der Waals surface area contributed by atoms with Gasteiger partial charge in [-0.05, 0) is 55.7 Å². The molecule has 0 saturated heterocycles. The molecule has 0 aliphatic heterocycles. The highest BCUT2D eigenvalue weighted by molar-refractivity contribution is 5.75. The SMILES string of the molecule is C=C(C)c1cccc(C(C)(C)NC(=O)NCC(O)c2ccc(OC)cc2)c1. The van der Waals surface area contributed by atoms with E-state index in [-0.39, 0.29) is 12.6 Å². The van der Waals surface area contributed by atoms with Crippen LogP contribution in [0, 0.1) is 0 Å². The minimum Gasteiger partial charge on any atom is -0.497 e. The van der Waals surface area contributed by atoms with Gasteiger partial charge >= 0.3 is 6.03 Å². The molecule has 3 N–H and O–H groups in total. The Bertz CT molecular complexity index is 797. The van der Waals surface area contributed by atoms with E-state index in [0.29, 0.717) is 5.56 Å². The van der Waals surface area contributed by atoms with Crippen molar-refractivity contribution in [2.24, 2.45) is 0 Å². The summed E-state index contributed by atoms with van der Waals surface area (Å²) in [6, 6.07) is 14.7. The monoisotopic (exact) mass is 368 g/mol. The van der Waals surface area contributed by atoms with Crippen LogP contribution in [-0.4, -0.2) is 24.8 Å². The summed E-state index contributed by atoms with van der Waals surface area (Å²) in [4.78, 5) is 12.3. The summed E-state index contributed by atoms with van der Waals surface area (Å²) in [7, 11) is 1.59. The number of benzene rings is 2. The van der Waals surface area contributed by atoms with Crippen LogP contribution >= 0.6 is 0 Å². The minimum atomic E-state index is -0.795. The van der Waals surface area contributed by atoms with Gasteiger partial charge in [0.1, 0.15) is 5.75 Å². The van der Waals surface area contributed by atoms with Gasteiger partial charge in [0.25, 0.3) is 0 Å². The molecule has 5 nitrogen and oxygen atoms in total. The van der Waals surface area contributed by atoms with Crippen LogP contribution in [0.2, 0.25) is 0 Å². The fraction of sp³-hybridized carbons (Fsp3) is 0.318. The van der Waals surface area contributed by atoms with E-state index < -0.39 is 11.6 Å². The molecule has 27 heavy (non-hydrogen) atoms. The Hall–Kier alpha value is -2.79. The third-order valence-electron chi connectivity index (χ3n) is 4.46. The fourth-order valence-corrected chi connectivity index (χ4v) is 2.71. The van der Waals surface area contributed by atoms with Gasteiger partial charge in [-0.15, -0.1) is 0 Å². The first-order chi connectivity index (χ1) is 12.7. The van der Waals surface area contributed by atoms with Gasteiger partial charge in [-0.2, -0.15) is 0 Å². The van der Waals surface area contributed by atoms with Crippen LogP contribution < -0.4 is 15.4 Å². The summed E-state index contributed by atoms with van der Waals surface area (Å²) in [6.45, 7) is 9.89. The van der Waals surface area contributed by atoms with E-state index in [1.807, 2.05) is 45.0 Å². The van der Waals surface area contributed by atoms with E-state index in [1.165, 1.54) is 0 Å². The van der Waals surface area contributed by atoms with Gasteiger partial charge in [-0.25, -0.2) is 4.79 Å². The number of nitrogens with one attached hydrogen (secondary N) is 2. The maximum atomic E-state index is 12.3. The molecule has 0 aliphatic carbocycles. The van der Waals surface area contributed by atoms with Gasteiger partial charge in [0.15, 0.2) is 0 Å². The molecule has 0 heterocycles. The van der Waals surface area contributed by atoms with E-state index in [4.69, 9.17) is 4.74 Å². The lowest BCUT2D eigenvalue weighted by atomic mass is 9.92. The number of carbonyl (C=O) groups is 1. The summed E-state index contributed by atoms with van der Waals surface area (Å²) in [5.74, 6) is 0.718. The second kappa shape index (κ2) is 8.73. The smallest absolute Gasteiger partial charge is 0.315 e. The highest BCUT2D eigenvalue weighted by Crippen LogP contribution is 2.23.